The van der Waals surface area contributed by atoms with Gasteiger partial charge >= 0.3 is 0 Å². The molecule has 2 heteroatoms. The van der Waals surface area contributed by atoms with Gasteiger partial charge in [0, 0.05) is 16.2 Å². The molecule has 10 aromatic rings. The molecule has 0 aliphatic heterocycles. The molecular weight excluding hydrogens is 569 g/mol. The second-order valence-corrected chi connectivity index (χ2v) is 12.4. The van der Waals surface area contributed by atoms with E-state index in [0.29, 0.717) is 0 Å². The van der Waals surface area contributed by atoms with Crippen molar-refractivity contribution < 1.29 is 0 Å². The van der Waals surface area contributed by atoms with Gasteiger partial charge in [-0.15, -0.1) is 0 Å². The molecule has 0 radical (unpaired) electrons. The van der Waals surface area contributed by atoms with Crippen molar-refractivity contribution in [3.8, 4) is 27.9 Å². The number of benzene rings is 8. The Kier molecular flexibility index (Phi) is 5.61. The SMILES string of the molecule is c1ccc2cc(-c3c4ccccc4c(-c4ccc5c(c4)c4ccccc4n5-c4cnc5ccccc5c4)c4ccccc34)ccc2c1. The average molecular weight is 597 g/mol. The van der Waals surface area contributed by atoms with Gasteiger partial charge in [0.25, 0.3) is 0 Å². The van der Waals surface area contributed by atoms with Crippen LogP contribution in [-0.4, -0.2) is 9.55 Å². The third-order valence-corrected chi connectivity index (χ3v) is 9.77. The van der Waals surface area contributed by atoms with Gasteiger partial charge in [-0.3, -0.25) is 4.98 Å². The van der Waals surface area contributed by atoms with Crippen LogP contribution in [0.5, 0.6) is 0 Å². The Morgan fingerprint density at radius 1 is 0.362 bits per heavy atom. The summed E-state index contributed by atoms with van der Waals surface area (Å²) in [7, 11) is 0. The van der Waals surface area contributed by atoms with Crippen LogP contribution in [0, 0.1) is 0 Å². The quantitative estimate of drug-likeness (QED) is 0.186. The number of fused-ring (bicyclic) bond motifs is 7. The van der Waals surface area contributed by atoms with Crippen LogP contribution in [0.15, 0.2) is 170 Å². The number of aromatic nitrogens is 2. The van der Waals surface area contributed by atoms with Crippen LogP contribution in [0.4, 0.5) is 0 Å². The van der Waals surface area contributed by atoms with E-state index in [4.69, 9.17) is 4.98 Å². The maximum Gasteiger partial charge on any atom is 0.0703 e. The van der Waals surface area contributed by atoms with E-state index in [9.17, 15) is 0 Å². The Morgan fingerprint density at radius 2 is 0.894 bits per heavy atom. The van der Waals surface area contributed by atoms with Gasteiger partial charge in [0.2, 0.25) is 0 Å². The highest BCUT2D eigenvalue weighted by Gasteiger charge is 2.19. The molecule has 0 fully saturated rings. The van der Waals surface area contributed by atoms with E-state index in [-0.39, 0.29) is 0 Å². The lowest BCUT2D eigenvalue weighted by Crippen LogP contribution is -1.95. The summed E-state index contributed by atoms with van der Waals surface area (Å²) in [5, 5.41) is 11.2. The minimum Gasteiger partial charge on any atom is -0.308 e. The highest BCUT2D eigenvalue weighted by atomic mass is 15.0. The van der Waals surface area contributed by atoms with E-state index < -0.39 is 0 Å². The summed E-state index contributed by atoms with van der Waals surface area (Å²) in [6, 6.07) is 59.6. The van der Waals surface area contributed by atoms with Crippen LogP contribution < -0.4 is 0 Å². The van der Waals surface area contributed by atoms with Gasteiger partial charge in [0.15, 0.2) is 0 Å². The topological polar surface area (TPSA) is 17.8 Å². The first kappa shape index (κ1) is 26.0. The third-order valence-electron chi connectivity index (χ3n) is 9.77. The number of nitrogens with zero attached hydrogens (tertiary/aromatic N) is 2. The van der Waals surface area contributed by atoms with Crippen LogP contribution in [-0.2, 0) is 0 Å². The van der Waals surface area contributed by atoms with Crippen molar-refractivity contribution in [2.75, 3.05) is 0 Å². The normalized spacial score (nSPS) is 11.8. The maximum absolute atomic E-state index is 4.81. The molecule has 2 nitrogen and oxygen atoms in total. The molecule has 0 amide bonds. The molecule has 0 saturated carbocycles. The molecule has 0 spiro atoms. The second kappa shape index (κ2) is 10.1. The minimum absolute atomic E-state index is 1.00. The number of hydrogen-bond acceptors (Lipinski definition) is 1. The highest BCUT2D eigenvalue weighted by Crippen LogP contribution is 2.45. The van der Waals surface area contributed by atoms with Gasteiger partial charge in [0.1, 0.15) is 0 Å². The zero-order chi connectivity index (χ0) is 30.9. The zero-order valence-electron chi connectivity index (χ0n) is 25.6. The lowest BCUT2D eigenvalue weighted by Gasteiger charge is -2.18. The van der Waals surface area contributed by atoms with Gasteiger partial charge in [-0.1, -0.05) is 127 Å². The third kappa shape index (κ3) is 3.95. The summed E-state index contributed by atoms with van der Waals surface area (Å²) < 4.78 is 2.35. The molecule has 0 aliphatic carbocycles. The molecule has 8 aromatic carbocycles. The summed E-state index contributed by atoms with van der Waals surface area (Å²) in [6.45, 7) is 0. The molecule has 2 aromatic heterocycles. The van der Waals surface area contributed by atoms with Gasteiger partial charge in [-0.05, 0) is 91.0 Å². The van der Waals surface area contributed by atoms with E-state index in [1.165, 1.54) is 76.4 Å². The first-order valence-corrected chi connectivity index (χ1v) is 16.1. The largest absolute Gasteiger partial charge is 0.308 e. The van der Waals surface area contributed by atoms with E-state index in [0.717, 1.165) is 16.6 Å². The van der Waals surface area contributed by atoms with Gasteiger partial charge < -0.3 is 4.57 Å². The zero-order valence-corrected chi connectivity index (χ0v) is 25.6. The molecule has 2 heterocycles. The molecule has 10 rings (SSSR count). The van der Waals surface area contributed by atoms with Crippen LogP contribution in [0.3, 0.4) is 0 Å². The molecular formula is C45H28N2. The summed E-state index contributed by atoms with van der Waals surface area (Å²) in [6.07, 6.45) is 1.99. The van der Waals surface area contributed by atoms with Crippen LogP contribution in [0.1, 0.15) is 0 Å². The molecule has 47 heavy (non-hydrogen) atoms. The summed E-state index contributed by atoms with van der Waals surface area (Å²) in [5.41, 5.74) is 9.44. The van der Waals surface area contributed by atoms with Crippen molar-refractivity contribution in [1.29, 1.82) is 0 Å². The number of para-hydroxylation sites is 2. The molecule has 0 bridgehead atoms. The van der Waals surface area contributed by atoms with Crippen LogP contribution in [0.25, 0.3) is 93.0 Å². The number of hydrogen-bond donors (Lipinski definition) is 0. The molecule has 0 atom stereocenters. The summed E-state index contributed by atoms with van der Waals surface area (Å²) in [5.74, 6) is 0. The van der Waals surface area contributed by atoms with Gasteiger partial charge in [-0.25, -0.2) is 0 Å². The monoisotopic (exact) mass is 596 g/mol. The van der Waals surface area contributed by atoms with Crippen LogP contribution in [0.2, 0.25) is 0 Å². The lowest BCUT2D eigenvalue weighted by atomic mass is 9.85. The molecule has 218 valence electrons. The number of pyridine rings is 1. The van der Waals surface area contributed by atoms with Crippen molar-refractivity contribution in [1.82, 2.24) is 9.55 Å². The van der Waals surface area contributed by atoms with E-state index in [1.807, 2.05) is 12.3 Å². The predicted molar refractivity (Wildman–Crippen MR) is 199 cm³/mol. The van der Waals surface area contributed by atoms with E-state index in [1.54, 1.807) is 0 Å². The van der Waals surface area contributed by atoms with Crippen LogP contribution >= 0.6 is 0 Å². The van der Waals surface area contributed by atoms with Gasteiger partial charge in [-0.2, -0.15) is 0 Å². The first-order chi connectivity index (χ1) is 23.3. The standard InChI is InChI=1S/C45H28N2/c1-2-12-30-25-32(22-21-29(30)11-1)44-36-15-4-6-17-38(36)45(39-18-7-5-16-37(39)44)33-23-24-43-40(27-33)35-14-8-10-20-42(35)47(43)34-26-31-13-3-9-19-41(31)46-28-34/h1-28H. The molecule has 0 saturated heterocycles. The van der Waals surface area contributed by atoms with E-state index >= 15 is 0 Å². The fourth-order valence-electron chi connectivity index (χ4n) is 7.68. The summed E-state index contributed by atoms with van der Waals surface area (Å²) >= 11 is 0. The Bertz CT molecular complexity index is 2800. The van der Waals surface area contributed by atoms with Gasteiger partial charge in [0.05, 0.1) is 28.4 Å². The average Bonchev–Trinajstić information content (AvgIpc) is 3.47. The second-order valence-electron chi connectivity index (χ2n) is 12.4. The Morgan fingerprint density at radius 3 is 1.62 bits per heavy atom. The van der Waals surface area contributed by atoms with Crippen molar-refractivity contribution in [3.63, 3.8) is 0 Å². The fraction of sp³-hybridized carbons (Fsp3) is 0. The maximum atomic E-state index is 4.81. The first-order valence-electron chi connectivity index (χ1n) is 16.1. The highest BCUT2D eigenvalue weighted by molar-refractivity contribution is 6.22. The lowest BCUT2D eigenvalue weighted by molar-refractivity contribution is 1.16. The Balaban J connectivity index is 1.25. The molecule has 0 unspecified atom stereocenters. The molecule has 0 aliphatic rings. The molecule has 0 N–H and O–H groups in total. The Hall–Kier alpha value is -6.25. The summed E-state index contributed by atoms with van der Waals surface area (Å²) in [4.78, 5) is 4.81. The minimum atomic E-state index is 1.00. The van der Waals surface area contributed by atoms with E-state index in [2.05, 4.69) is 162 Å². The smallest absolute Gasteiger partial charge is 0.0703 e. The van der Waals surface area contributed by atoms with Crippen molar-refractivity contribution in [2.45, 2.75) is 0 Å². The number of rotatable bonds is 3. The van der Waals surface area contributed by atoms with Crippen molar-refractivity contribution in [2.24, 2.45) is 0 Å². The van der Waals surface area contributed by atoms with Crippen molar-refractivity contribution >= 4 is 65.0 Å². The predicted octanol–water partition coefficient (Wildman–Crippen LogP) is 12.1. The Labute approximate surface area is 271 Å². The fourth-order valence-corrected chi connectivity index (χ4v) is 7.68. The van der Waals surface area contributed by atoms with Crippen molar-refractivity contribution in [3.05, 3.63) is 170 Å².